The van der Waals surface area contributed by atoms with E-state index in [2.05, 4.69) is 0 Å². The lowest BCUT2D eigenvalue weighted by atomic mass is 10.1. The molecule has 0 spiro atoms. The molecule has 0 unspecified atom stereocenters. The maximum Gasteiger partial charge on any atom is 0.0653 e. The largest absolute Gasteiger partial charge is 0.396 e. The Morgan fingerprint density at radius 2 is 2.43 bits per heavy atom. The highest BCUT2D eigenvalue weighted by molar-refractivity contribution is 4.77. The van der Waals surface area contributed by atoms with Crippen molar-refractivity contribution in [2.24, 2.45) is 5.92 Å². The summed E-state index contributed by atoms with van der Waals surface area (Å²) in [4.78, 5) is 0. The molecule has 2 nitrogen and oxygen atoms in total. The number of aliphatic hydroxyl groups is 1. The lowest BCUT2D eigenvalue weighted by molar-refractivity contribution is 0.275. The van der Waals surface area contributed by atoms with Gasteiger partial charge in [-0.25, -0.2) is 0 Å². The van der Waals surface area contributed by atoms with Crippen LogP contribution in [0.1, 0.15) is 13.3 Å². The smallest absolute Gasteiger partial charge is 0.0653 e. The first-order valence-corrected chi connectivity index (χ1v) is 2.31. The monoisotopic (exact) mass is 99.1 g/mol. The summed E-state index contributed by atoms with van der Waals surface area (Å²) in [6.45, 7) is 1.91. The summed E-state index contributed by atoms with van der Waals surface area (Å²) in [6, 6.07) is 2.01. The molecular formula is C5H9NO. The quantitative estimate of drug-likeness (QED) is 0.548. The highest BCUT2D eigenvalue weighted by atomic mass is 16.2. The van der Waals surface area contributed by atoms with Crippen LogP contribution < -0.4 is 0 Å². The van der Waals surface area contributed by atoms with Crippen LogP contribution in [0.3, 0.4) is 0 Å². The third kappa shape index (κ3) is 3.28. The molecule has 0 aliphatic carbocycles. The molecule has 0 fully saturated rings. The van der Waals surface area contributed by atoms with E-state index < -0.39 is 0 Å². The van der Waals surface area contributed by atoms with Gasteiger partial charge in [0.2, 0.25) is 0 Å². The Morgan fingerprint density at radius 3 is 2.57 bits per heavy atom. The van der Waals surface area contributed by atoms with Gasteiger partial charge in [-0.3, -0.25) is 0 Å². The van der Waals surface area contributed by atoms with E-state index in [4.69, 9.17) is 10.4 Å². The lowest BCUT2D eigenvalue weighted by Gasteiger charge is -1.92. The molecule has 0 aromatic heterocycles. The number of nitriles is 1. The normalized spacial score (nSPS) is 12.7. The molecule has 40 valence electrons. The van der Waals surface area contributed by atoms with E-state index in [0.717, 1.165) is 0 Å². The summed E-state index contributed by atoms with van der Waals surface area (Å²) in [7, 11) is 0. The average Bonchev–Trinajstić information content (AvgIpc) is 1.68. The van der Waals surface area contributed by atoms with E-state index in [1.165, 1.54) is 0 Å². The SMILES string of the molecule is C[C@H](C#N)CCO. The number of rotatable bonds is 2. The van der Waals surface area contributed by atoms with Gasteiger partial charge < -0.3 is 5.11 Å². The molecule has 0 aromatic carbocycles. The van der Waals surface area contributed by atoms with Crippen molar-refractivity contribution in [2.75, 3.05) is 6.61 Å². The Kier molecular flexibility index (Phi) is 3.35. The summed E-state index contributed by atoms with van der Waals surface area (Å²) in [6.07, 6.45) is 0.594. The summed E-state index contributed by atoms with van der Waals surface area (Å²) >= 11 is 0. The predicted octanol–water partition coefficient (Wildman–Crippen LogP) is 0.528. The molecule has 0 rings (SSSR count). The molecule has 0 aliphatic rings. The van der Waals surface area contributed by atoms with Gasteiger partial charge in [-0.1, -0.05) is 0 Å². The molecule has 2 heteroatoms. The van der Waals surface area contributed by atoms with Crippen molar-refractivity contribution < 1.29 is 5.11 Å². The third-order valence-corrected chi connectivity index (χ3v) is 0.782. The van der Waals surface area contributed by atoms with Crippen LogP contribution in [0.4, 0.5) is 0 Å². The van der Waals surface area contributed by atoms with Crippen molar-refractivity contribution >= 4 is 0 Å². The number of nitrogens with zero attached hydrogens (tertiary/aromatic N) is 1. The van der Waals surface area contributed by atoms with Crippen LogP contribution in [0.5, 0.6) is 0 Å². The molecule has 1 atom stereocenters. The van der Waals surface area contributed by atoms with Gasteiger partial charge in [0.1, 0.15) is 0 Å². The fourth-order valence-electron chi connectivity index (χ4n) is 0.258. The fourth-order valence-corrected chi connectivity index (χ4v) is 0.258. The second-order valence-corrected chi connectivity index (χ2v) is 1.54. The Labute approximate surface area is 43.4 Å². The van der Waals surface area contributed by atoms with Gasteiger partial charge in [0.25, 0.3) is 0 Å². The second kappa shape index (κ2) is 3.63. The van der Waals surface area contributed by atoms with Gasteiger partial charge in [-0.2, -0.15) is 5.26 Å². The molecule has 1 N–H and O–H groups in total. The van der Waals surface area contributed by atoms with E-state index >= 15 is 0 Å². The molecule has 0 bridgehead atoms. The van der Waals surface area contributed by atoms with Crippen molar-refractivity contribution in [3.05, 3.63) is 0 Å². The first-order valence-electron chi connectivity index (χ1n) is 2.31. The Hall–Kier alpha value is -0.550. The summed E-state index contributed by atoms with van der Waals surface area (Å²) < 4.78 is 0. The number of aliphatic hydroxyl groups excluding tert-OH is 1. The molecule has 0 amide bonds. The minimum absolute atomic E-state index is 0.00463. The fraction of sp³-hybridized carbons (Fsp3) is 0.800. The zero-order valence-electron chi connectivity index (χ0n) is 4.39. The Bertz CT molecular complexity index is 74.6. The van der Waals surface area contributed by atoms with Gasteiger partial charge in [0.05, 0.1) is 6.07 Å². The van der Waals surface area contributed by atoms with E-state index in [1.807, 2.05) is 6.07 Å². The van der Waals surface area contributed by atoms with Gasteiger partial charge in [-0.05, 0) is 13.3 Å². The zero-order valence-corrected chi connectivity index (χ0v) is 4.39. The highest BCUT2D eigenvalue weighted by Gasteiger charge is 1.93. The maximum atomic E-state index is 8.22. The summed E-state index contributed by atoms with van der Waals surface area (Å²) in [5, 5.41) is 16.3. The minimum atomic E-state index is 0.00463. The van der Waals surface area contributed by atoms with E-state index in [9.17, 15) is 0 Å². The molecule has 0 aliphatic heterocycles. The maximum absolute atomic E-state index is 8.22. The number of hydrogen-bond acceptors (Lipinski definition) is 2. The Balaban J connectivity index is 3.04. The van der Waals surface area contributed by atoms with Crippen LogP contribution >= 0.6 is 0 Å². The molecule has 0 saturated heterocycles. The molecule has 0 heterocycles. The standard InChI is InChI=1S/C5H9NO/c1-5(4-6)2-3-7/h5,7H,2-3H2,1H3/t5-/m0/s1. The van der Waals surface area contributed by atoms with Gasteiger partial charge in [-0.15, -0.1) is 0 Å². The van der Waals surface area contributed by atoms with Crippen LogP contribution in [0, 0.1) is 17.2 Å². The van der Waals surface area contributed by atoms with Crippen molar-refractivity contribution in [3.8, 4) is 6.07 Å². The second-order valence-electron chi connectivity index (χ2n) is 1.54. The van der Waals surface area contributed by atoms with Gasteiger partial charge in [0, 0.05) is 12.5 Å². The zero-order chi connectivity index (χ0) is 5.70. The van der Waals surface area contributed by atoms with Crippen molar-refractivity contribution in [1.29, 1.82) is 5.26 Å². The van der Waals surface area contributed by atoms with Crippen LogP contribution in [0.2, 0.25) is 0 Å². The van der Waals surface area contributed by atoms with Crippen LogP contribution in [0.15, 0.2) is 0 Å². The van der Waals surface area contributed by atoms with E-state index in [1.54, 1.807) is 6.92 Å². The average molecular weight is 99.1 g/mol. The molecular weight excluding hydrogens is 90.1 g/mol. The third-order valence-electron chi connectivity index (χ3n) is 0.782. The van der Waals surface area contributed by atoms with Gasteiger partial charge in [0.15, 0.2) is 0 Å². The van der Waals surface area contributed by atoms with Crippen LogP contribution in [0.25, 0.3) is 0 Å². The van der Waals surface area contributed by atoms with Crippen LogP contribution in [-0.4, -0.2) is 11.7 Å². The molecule has 0 aromatic rings. The predicted molar refractivity (Wildman–Crippen MR) is 26.5 cm³/mol. The topological polar surface area (TPSA) is 44.0 Å². The molecule has 0 saturated carbocycles. The summed E-state index contributed by atoms with van der Waals surface area (Å²) in [5.74, 6) is 0.00463. The lowest BCUT2D eigenvalue weighted by Crippen LogP contribution is -1.92. The van der Waals surface area contributed by atoms with Crippen LogP contribution in [-0.2, 0) is 0 Å². The van der Waals surface area contributed by atoms with E-state index in [0.29, 0.717) is 6.42 Å². The first-order chi connectivity index (χ1) is 3.31. The summed E-state index contributed by atoms with van der Waals surface area (Å²) in [5.41, 5.74) is 0. The number of hydrogen-bond donors (Lipinski definition) is 1. The molecule has 7 heavy (non-hydrogen) atoms. The first kappa shape index (κ1) is 6.45. The van der Waals surface area contributed by atoms with Crippen molar-refractivity contribution in [3.63, 3.8) is 0 Å². The van der Waals surface area contributed by atoms with Gasteiger partial charge >= 0.3 is 0 Å². The van der Waals surface area contributed by atoms with E-state index in [-0.39, 0.29) is 12.5 Å². The molecule has 0 radical (unpaired) electrons. The minimum Gasteiger partial charge on any atom is -0.396 e. The van der Waals surface area contributed by atoms with Crippen molar-refractivity contribution in [1.82, 2.24) is 0 Å². The highest BCUT2D eigenvalue weighted by Crippen LogP contribution is 1.95. The Morgan fingerprint density at radius 1 is 1.86 bits per heavy atom. The van der Waals surface area contributed by atoms with Crippen molar-refractivity contribution in [2.45, 2.75) is 13.3 Å².